The number of nitrogens with one attached hydrogen (secondary N) is 1. The SMILES string of the molecule is O=C(NCc1nnc2ccc(-c3ccsc3)nn12)[C@@H]1CC=CCC1. The maximum absolute atomic E-state index is 12.3. The second-order valence-electron chi connectivity index (χ2n) is 5.82. The number of rotatable bonds is 4. The summed E-state index contributed by atoms with van der Waals surface area (Å²) in [5.41, 5.74) is 2.62. The number of carbonyl (C=O) groups excluding carboxylic acids is 1. The van der Waals surface area contributed by atoms with E-state index in [1.807, 2.05) is 23.6 Å². The van der Waals surface area contributed by atoms with Crippen LogP contribution in [0.3, 0.4) is 0 Å². The number of hydrogen-bond donors (Lipinski definition) is 1. The Kier molecular flexibility index (Phi) is 4.08. The Bertz CT molecular complexity index is 884. The van der Waals surface area contributed by atoms with Crippen LogP contribution < -0.4 is 5.32 Å². The van der Waals surface area contributed by atoms with Gasteiger partial charge in [-0.2, -0.15) is 21.0 Å². The van der Waals surface area contributed by atoms with Crippen LogP contribution in [0.1, 0.15) is 25.1 Å². The molecule has 1 aliphatic carbocycles. The van der Waals surface area contributed by atoms with Crippen molar-refractivity contribution in [2.24, 2.45) is 5.92 Å². The second-order valence-corrected chi connectivity index (χ2v) is 6.60. The number of fused-ring (bicyclic) bond motifs is 1. The van der Waals surface area contributed by atoms with E-state index in [0.717, 1.165) is 30.5 Å². The Morgan fingerprint density at radius 1 is 1.29 bits per heavy atom. The molecule has 0 radical (unpaired) electrons. The molecule has 122 valence electrons. The molecule has 1 aliphatic rings. The number of thiophene rings is 1. The molecular weight excluding hydrogens is 322 g/mol. The first-order valence-corrected chi connectivity index (χ1v) is 8.92. The van der Waals surface area contributed by atoms with E-state index in [9.17, 15) is 4.79 Å². The van der Waals surface area contributed by atoms with Crippen molar-refractivity contribution < 1.29 is 4.79 Å². The zero-order valence-corrected chi connectivity index (χ0v) is 13.9. The lowest BCUT2D eigenvalue weighted by atomic mass is 9.94. The zero-order valence-electron chi connectivity index (χ0n) is 13.1. The summed E-state index contributed by atoms with van der Waals surface area (Å²) in [6.45, 7) is 0.334. The van der Waals surface area contributed by atoms with Gasteiger partial charge in [0, 0.05) is 16.9 Å². The van der Waals surface area contributed by atoms with Crippen molar-refractivity contribution in [3.63, 3.8) is 0 Å². The van der Waals surface area contributed by atoms with E-state index in [2.05, 4.69) is 38.1 Å². The van der Waals surface area contributed by atoms with Crippen molar-refractivity contribution in [1.29, 1.82) is 0 Å². The van der Waals surface area contributed by atoms with E-state index in [-0.39, 0.29) is 11.8 Å². The highest BCUT2D eigenvalue weighted by atomic mass is 32.1. The Morgan fingerprint density at radius 3 is 3.04 bits per heavy atom. The number of allylic oxidation sites excluding steroid dienone is 2. The standard InChI is InChI=1S/C17H17N5OS/c23-17(12-4-2-1-3-5-12)18-10-16-20-19-15-7-6-14(21-22(15)16)13-8-9-24-11-13/h1-2,6-9,11-12H,3-5,10H2,(H,18,23)/t12-/m1/s1. The fourth-order valence-corrected chi connectivity index (χ4v) is 3.50. The summed E-state index contributed by atoms with van der Waals surface area (Å²) in [5, 5.41) is 19.9. The summed E-state index contributed by atoms with van der Waals surface area (Å²) in [6, 6.07) is 5.86. The quantitative estimate of drug-likeness (QED) is 0.742. The third-order valence-corrected chi connectivity index (χ3v) is 4.89. The molecule has 0 bridgehead atoms. The van der Waals surface area contributed by atoms with Crippen LogP contribution in [0.15, 0.2) is 41.1 Å². The predicted octanol–water partition coefficient (Wildman–Crippen LogP) is 2.83. The molecule has 0 spiro atoms. The lowest BCUT2D eigenvalue weighted by molar-refractivity contribution is -0.125. The molecule has 1 amide bonds. The molecule has 1 N–H and O–H groups in total. The maximum atomic E-state index is 12.3. The maximum Gasteiger partial charge on any atom is 0.223 e. The summed E-state index contributed by atoms with van der Waals surface area (Å²) in [6.07, 6.45) is 6.90. The van der Waals surface area contributed by atoms with Gasteiger partial charge < -0.3 is 5.32 Å². The molecule has 0 saturated heterocycles. The van der Waals surface area contributed by atoms with Gasteiger partial charge in [0.15, 0.2) is 11.5 Å². The van der Waals surface area contributed by atoms with Gasteiger partial charge in [0.1, 0.15) is 0 Å². The van der Waals surface area contributed by atoms with Crippen molar-refractivity contribution in [3.8, 4) is 11.3 Å². The van der Waals surface area contributed by atoms with Crippen LogP contribution in [0.4, 0.5) is 0 Å². The van der Waals surface area contributed by atoms with Crippen LogP contribution in [-0.4, -0.2) is 25.7 Å². The molecule has 0 aliphatic heterocycles. The van der Waals surface area contributed by atoms with Crippen LogP contribution in [0.5, 0.6) is 0 Å². The Labute approximate surface area is 143 Å². The number of carbonyl (C=O) groups is 1. The fraction of sp³-hybridized carbons (Fsp3) is 0.294. The average Bonchev–Trinajstić information content (AvgIpc) is 3.30. The van der Waals surface area contributed by atoms with Gasteiger partial charge in [0.25, 0.3) is 0 Å². The van der Waals surface area contributed by atoms with Crippen molar-refractivity contribution in [1.82, 2.24) is 25.1 Å². The van der Waals surface area contributed by atoms with E-state index in [0.29, 0.717) is 18.0 Å². The number of hydrogen-bond acceptors (Lipinski definition) is 5. The molecule has 0 aromatic carbocycles. The molecule has 0 fully saturated rings. The van der Waals surface area contributed by atoms with E-state index in [4.69, 9.17) is 0 Å². The van der Waals surface area contributed by atoms with E-state index in [1.165, 1.54) is 0 Å². The average molecular weight is 339 g/mol. The van der Waals surface area contributed by atoms with Gasteiger partial charge in [0.05, 0.1) is 12.2 Å². The zero-order chi connectivity index (χ0) is 16.4. The smallest absolute Gasteiger partial charge is 0.223 e. The molecule has 3 aromatic rings. The van der Waals surface area contributed by atoms with Gasteiger partial charge in [-0.05, 0) is 42.8 Å². The molecule has 24 heavy (non-hydrogen) atoms. The van der Waals surface area contributed by atoms with Crippen molar-refractivity contribution >= 4 is 22.9 Å². The lowest BCUT2D eigenvalue weighted by Gasteiger charge is -2.16. The van der Waals surface area contributed by atoms with E-state index in [1.54, 1.807) is 15.9 Å². The van der Waals surface area contributed by atoms with Crippen LogP contribution >= 0.6 is 11.3 Å². The highest BCUT2D eigenvalue weighted by molar-refractivity contribution is 7.08. The Balaban J connectivity index is 1.52. The minimum Gasteiger partial charge on any atom is -0.348 e. The largest absolute Gasteiger partial charge is 0.348 e. The van der Waals surface area contributed by atoms with Crippen LogP contribution in [0.2, 0.25) is 0 Å². The van der Waals surface area contributed by atoms with Gasteiger partial charge >= 0.3 is 0 Å². The molecule has 0 unspecified atom stereocenters. The monoisotopic (exact) mass is 339 g/mol. The first kappa shape index (κ1) is 15.0. The topological polar surface area (TPSA) is 72.2 Å². The van der Waals surface area contributed by atoms with Crippen LogP contribution in [-0.2, 0) is 11.3 Å². The predicted molar refractivity (Wildman–Crippen MR) is 92.4 cm³/mol. The van der Waals surface area contributed by atoms with Crippen LogP contribution in [0.25, 0.3) is 16.9 Å². The molecule has 6 nitrogen and oxygen atoms in total. The fourth-order valence-electron chi connectivity index (χ4n) is 2.85. The van der Waals surface area contributed by atoms with Gasteiger partial charge in [-0.3, -0.25) is 4.79 Å². The number of nitrogens with zero attached hydrogens (tertiary/aromatic N) is 4. The minimum atomic E-state index is 0.0588. The van der Waals surface area contributed by atoms with Gasteiger partial charge in [-0.15, -0.1) is 10.2 Å². The first-order chi connectivity index (χ1) is 11.8. The molecule has 3 aromatic heterocycles. The molecule has 3 heterocycles. The van der Waals surface area contributed by atoms with Crippen molar-refractivity contribution in [2.75, 3.05) is 0 Å². The van der Waals surface area contributed by atoms with Gasteiger partial charge in [0.2, 0.25) is 5.91 Å². The third kappa shape index (κ3) is 2.94. The van der Waals surface area contributed by atoms with Crippen LogP contribution in [0, 0.1) is 5.92 Å². The van der Waals surface area contributed by atoms with Crippen molar-refractivity contribution in [2.45, 2.75) is 25.8 Å². The van der Waals surface area contributed by atoms with E-state index < -0.39 is 0 Å². The summed E-state index contributed by atoms with van der Waals surface area (Å²) in [4.78, 5) is 12.3. The highest BCUT2D eigenvalue weighted by Crippen LogP contribution is 2.20. The summed E-state index contributed by atoms with van der Waals surface area (Å²) in [5.74, 6) is 0.774. The third-order valence-electron chi connectivity index (χ3n) is 4.20. The summed E-state index contributed by atoms with van der Waals surface area (Å²) >= 11 is 1.63. The number of amides is 1. The summed E-state index contributed by atoms with van der Waals surface area (Å²) in [7, 11) is 0. The first-order valence-electron chi connectivity index (χ1n) is 7.98. The summed E-state index contributed by atoms with van der Waals surface area (Å²) < 4.78 is 1.70. The van der Waals surface area contributed by atoms with Crippen molar-refractivity contribution in [3.05, 3.63) is 46.9 Å². The molecule has 7 heteroatoms. The second kappa shape index (κ2) is 6.52. The Morgan fingerprint density at radius 2 is 2.25 bits per heavy atom. The molecule has 4 rings (SSSR count). The lowest BCUT2D eigenvalue weighted by Crippen LogP contribution is -2.31. The van der Waals surface area contributed by atoms with Gasteiger partial charge in [-0.1, -0.05) is 12.2 Å². The normalized spacial score (nSPS) is 17.2. The Hall–Kier alpha value is -2.54. The highest BCUT2D eigenvalue weighted by Gasteiger charge is 2.19. The molecule has 1 atom stereocenters. The van der Waals surface area contributed by atoms with Gasteiger partial charge in [-0.25, -0.2) is 0 Å². The number of aromatic nitrogens is 4. The molecular formula is C17H17N5OS. The molecule has 0 saturated carbocycles. The van der Waals surface area contributed by atoms with E-state index >= 15 is 0 Å². The minimum absolute atomic E-state index is 0.0588.